The second-order valence-corrected chi connectivity index (χ2v) is 9.01. The van der Waals surface area contributed by atoms with Crippen molar-refractivity contribution in [3.05, 3.63) is 64.9 Å². The number of para-hydroxylation sites is 1. The first kappa shape index (κ1) is 22.3. The molecule has 7 heteroatoms. The number of halogens is 2. The van der Waals surface area contributed by atoms with Gasteiger partial charge < -0.3 is 15.5 Å². The zero-order valence-corrected chi connectivity index (χ0v) is 19.1. The van der Waals surface area contributed by atoms with E-state index in [4.69, 9.17) is 16.6 Å². The number of nitrogens with one attached hydrogen (secondary N) is 2. The highest BCUT2D eigenvalue weighted by molar-refractivity contribution is 6.33. The van der Waals surface area contributed by atoms with Gasteiger partial charge in [0.15, 0.2) is 0 Å². The molecular weight excluding hydrogens is 427 g/mol. The van der Waals surface area contributed by atoms with E-state index < -0.39 is 11.7 Å². The summed E-state index contributed by atoms with van der Waals surface area (Å²) >= 11 is 5.99. The summed E-state index contributed by atoms with van der Waals surface area (Å²) in [4.78, 5) is 19.3. The molecule has 1 fully saturated rings. The number of rotatable bonds is 6. The molecule has 0 aliphatic heterocycles. The molecule has 4 rings (SSSR count). The number of aromatic nitrogens is 1. The van der Waals surface area contributed by atoms with E-state index in [1.54, 1.807) is 0 Å². The van der Waals surface area contributed by atoms with Gasteiger partial charge in [0.25, 0.3) is 5.91 Å². The van der Waals surface area contributed by atoms with Crippen molar-refractivity contribution < 1.29 is 9.18 Å². The van der Waals surface area contributed by atoms with Gasteiger partial charge in [-0.25, -0.2) is 9.37 Å². The highest BCUT2D eigenvalue weighted by Gasteiger charge is 2.23. The van der Waals surface area contributed by atoms with Gasteiger partial charge in [-0.1, -0.05) is 35.9 Å². The average Bonchev–Trinajstić information content (AvgIpc) is 2.78. The second kappa shape index (κ2) is 9.74. The predicted octanol–water partition coefficient (Wildman–Crippen LogP) is 5.49. The van der Waals surface area contributed by atoms with Crippen LogP contribution in [0, 0.1) is 11.7 Å². The van der Waals surface area contributed by atoms with E-state index >= 15 is 0 Å². The monoisotopic (exact) mass is 454 g/mol. The number of hydrogen-bond acceptors (Lipinski definition) is 4. The molecule has 0 unspecified atom stereocenters. The van der Waals surface area contributed by atoms with Crippen LogP contribution < -0.4 is 15.5 Å². The first-order chi connectivity index (χ1) is 15.4. The van der Waals surface area contributed by atoms with Crippen molar-refractivity contribution in [2.45, 2.75) is 31.7 Å². The molecule has 1 aromatic heterocycles. The van der Waals surface area contributed by atoms with Crippen LogP contribution in [-0.4, -0.2) is 37.6 Å². The first-order valence-corrected chi connectivity index (χ1v) is 11.4. The molecule has 32 heavy (non-hydrogen) atoms. The fourth-order valence-corrected chi connectivity index (χ4v) is 4.61. The SMILES string of the molecule is CN(C)c1cc(N[C@H]2CC[C@@H](CNC(=O)c3c(F)cccc3Cl)CC2)nc2ccccc12. The summed E-state index contributed by atoms with van der Waals surface area (Å²) in [5.74, 6) is 0.204. The fraction of sp³-hybridized carbons (Fsp3) is 0.360. The molecule has 5 nitrogen and oxygen atoms in total. The molecule has 0 radical (unpaired) electrons. The number of carbonyl (C=O) groups excluding carboxylic acids is 1. The standard InChI is InChI=1S/C25H28ClFN4O/c1-31(2)22-14-23(30-21-9-4-3-6-18(21)22)29-17-12-10-16(11-13-17)15-28-25(32)24-19(26)7-5-8-20(24)27/h3-9,14,16-17H,10-13,15H2,1-2H3,(H,28,32)(H,29,30)/t16-,17+. The van der Waals surface area contributed by atoms with Crippen molar-refractivity contribution in [3.63, 3.8) is 0 Å². The Kier molecular flexibility index (Phi) is 6.80. The highest BCUT2D eigenvalue weighted by Crippen LogP contribution is 2.30. The molecule has 1 amide bonds. The molecule has 0 spiro atoms. The molecule has 2 aromatic carbocycles. The third-order valence-electron chi connectivity index (χ3n) is 6.12. The maximum Gasteiger partial charge on any atom is 0.255 e. The zero-order chi connectivity index (χ0) is 22.7. The zero-order valence-electron chi connectivity index (χ0n) is 18.4. The predicted molar refractivity (Wildman–Crippen MR) is 129 cm³/mol. The Labute approximate surface area is 193 Å². The Bertz CT molecular complexity index is 1090. The number of amides is 1. The Morgan fingerprint density at radius 2 is 1.88 bits per heavy atom. The van der Waals surface area contributed by atoms with Crippen LogP contribution in [0.4, 0.5) is 15.9 Å². The molecule has 2 N–H and O–H groups in total. The second-order valence-electron chi connectivity index (χ2n) is 8.61. The van der Waals surface area contributed by atoms with E-state index in [9.17, 15) is 9.18 Å². The molecule has 0 saturated heterocycles. The van der Waals surface area contributed by atoms with Crippen LogP contribution in [0.5, 0.6) is 0 Å². The Morgan fingerprint density at radius 3 is 2.59 bits per heavy atom. The molecule has 168 valence electrons. The van der Waals surface area contributed by atoms with E-state index in [-0.39, 0.29) is 10.6 Å². The molecule has 1 aliphatic carbocycles. The van der Waals surface area contributed by atoms with Gasteiger partial charge in [-0.3, -0.25) is 4.79 Å². The van der Waals surface area contributed by atoms with Crippen molar-refractivity contribution in [2.24, 2.45) is 5.92 Å². The number of benzene rings is 2. The van der Waals surface area contributed by atoms with E-state index in [2.05, 4.69) is 27.7 Å². The van der Waals surface area contributed by atoms with Gasteiger partial charge in [0.2, 0.25) is 0 Å². The van der Waals surface area contributed by atoms with E-state index in [1.807, 2.05) is 32.3 Å². The van der Waals surface area contributed by atoms with Gasteiger partial charge in [-0.15, -0.1) is 0 Å². The van der Waals surface area contributed by atoms with Crippen molar-refractivity contribution in [3.8, 4) is 0 Å². The minimum absolute atomic E-state index is 0.0800. The summed E-state index contributed by atoms with van der Waals surface area (Å²) < 4.78 is 13.9. The number of pyridine rings is 1. The summed E-state index contributed by atoms with van der Waals surface area (Å²) in [6, 6.07) is 14.9. The summed E-state index contributed by atoms with van der Waals surface area (Å²) in [6.45, 7) is 0.523. The molecule has 0 atom stereocenters. The number of hydrogen-bond donors (Lipinski definition) is 2. The summed E-state index contributed by atoms with van der Waals surface area (Å²) in [7, 11) is 4.08. The summed E-state index contributed by atoms with van der Waals surface area (Å²) in [5.41, 5.74) is 2.04. The van der Waals surface area contributed by atoms with Crippen LogP contribution in [0.15, 0.2) is 48.5 Å². The first-order valence-electron chi connectivity index (χ1n) is 11.0. The van der Waals surface area contributed by atoms with Crippen LogP contribution in [0.3, 0.4) is 0 Å². The largest absolute Gasteiger partial charge is 0.377 e. The maximum absolute atomic E-state index is 13.9. The quantitative estimate of drug-likeness (QED) is 0.516. The van der Waals surface area contributed by atoms with Crippen molar-refractivity contribution >= 4 is 39.9 Å². The van der Waals surface area contributed by atoms with Gasteiger partial charge in [-0.2, -0.15) is 0 Å². The smallest absolute Gasteiger partial charge is 0.255 e. The number of nitrogens with zero attached hydrogens (tertiary/aromatic N) is 2. The highest BCUT2D eigenvalue weighted by atomic mass is 35.5. The molecular formula is C25H28ClFN4O. The number of anilines is 2. The fourth-order valence-electron chi connectivity index (χ4n) is 4.36. The van der Waals surface area contributed by atoms with Gasteiger partial charge in [0.05, 0.1) is 16.1 Å². The Balaban J connectivity index is 1.33. The van der Waals surface area contributed by atoms with E-state index in [1.165, 1.54) is 18.2 Å². The van der Waals surface area contributed by atoms with Gasteiger partial charge in [0.1, 0.15) is 11.6 Å². The lowest BCUT2D eigenvalue weighted by molar-refractivity contribution is 0.0939. The minimum atomic E-state index is -0.595. The minimum Gasteiger partial charge on any atom is -0.377 e. The van der Waals surface area contributed by atoms with Crippen LogP contribution in [-0.2, 0) is 0 Å². The average molecular weight is 455 g/mol. The number of fused-ring (bicyclic) bond motifs is 1. The van der Waals surface area contributed by atoms with Gasteiger partial charge in [0, 0.05) is 43.8 Å². The molecule has 1 aliphatic rings. The van der Waals surface area contributed by atoms with E-state index in [0.717, 1.165) is 48.1 Å². The van der Waals surface area contributed by atoms with Crippen molar-refractivity contribution in [1.29, 1.82) is 0 Å². The van der Waals surface area contributed by atoms with Crippen LogP contribution in [0.25, 0.3) is 10.9 Å². The van der Waals surface area contributed by atoms with E-state index in [0.29, 0.717) is 18.5 Å². The lowest BCUT2D eigenvalue weighted by atomic mass is 9.86. The van der Waals surface area contributed by atoms with Gasteiger partial charge >= 0.3 is 0 Å². The molecule has 0 bridgehead atoms. The Morgan fingerprint density at radius 1 is 1.12 bits per heavy atom. The van der Waals surface area contributed by atoms with Crippen LogP contribution in [0.1, 0.15) is 36.0 Å². The van der Waals surface area contributed by atoms with Crippen molar-refractivity contribution in [1.82, 2.24) is 10.3 Å². The molecule has 3 aromatic rings. The van der Waals surface area contributed by atoms with Crippen molar-refractivity contribution in [2.75, 3.05) is 30.9 Å². The van der Waals surface area contributed by atoms with Gasteiger partial charge in [-0.05, 0) is 49.8 Å². The third-order valence-corrected chi connectivity index (χ3v) is 6.43. The lowest BCUT2D eigenvalue weighted by Gasteiger charge is -2.30. The molecule has 1 heterocycles. The number of carbonyl (C=O) groups is 1. The third kappa shape index (κ3) is 4.96. The summed E-state index contributed by atoms with van der Waals surface area (Å²) in [6.07, 6.45) is 3.95. The van der Waals surface area contributed by atoms with Crippen LogP contribution in [0.2, 0.25) is 5.02 Å². The normalized spacial score (nSPS) is 18.4. The maximum atomic E-state index is 13.9. The Hall–Kier alpha value is -2.86. The molecule has 1 saturated carbocycles. The lowest BCUT2D eigenvalue weighted by Crippen LogP contribution is -2.34. The topological polar surface area (TPSA) is 57.3 Å². The summed E-state index contributed by atoms with van der Waals surface area (Å²) in [5, 5.41) is 7.73. The van der Waals surface area contributed by atoms with Crippen LogP contribution >= 0.6 is 11.6 Å².